The van der Waals surface area contributed by atoms with E-state index in [4.69, 9.17) is 4.74 Å². The fourth-order valence-corrected chi connectivity index (χ4v) is 3.49. The van der Waals surface area contributed by atoms with Crippen molar-refractivity contribution in [2.75, 3.05) is 43.5 Å². The Labute approximate surface area is 178 Å². The molecule has 3 aromatic rings. The molecule has 4 rings (SSSR count). The first-order chi connectivity index (χ1) is 14.9. The van der Waals surface area contributed by atoms with E-state index in [1.807, 2.05) is 24.3 Å². The van der Waals surface area contributed by atoms with Gasteiger partial charge in [-0.2, -0.15) is 0 Å². The first-order valence-corrected chi connectivity index (χ1v) is 9.88. The molecule has 0 bridgehead atoms. The number of urea groups is 1. The molecule has 0 saturated carbocycles. The van der Waals surface area contributed by atoms with E-state index in [9.17, 15) is 14.0 Å². The van der Waals surface area contributed by atoms with Crippen molar-refractivity contribution < 1.29 is 18.7 Å². The number of methoxy groups -OCH3 is 1. The van der Waals surface area contributed by atoms with Crippen LogP contribution in [-0.4, -0.2) is 60.0 Å². The number of nitrogens with zero attached hydrogens (tertiary/aromatic N) is 4. The van der Waals surface area contributed by atoms with Gasteiger partial charge >= 0.3 is 6.03 Å². The molecular formula is C22H22FN5O3. The maximum Gasteiger partial charge on any atom is 0.323 e. The summed E-state index contributed by atoms with van der Waals surface area (Å²) >= 11 is 0. The predicted molar refractivity (Wildman–Crippen MR) is 115 cm³/mol. The van der Waals surface area contributed by atoms with Crippen LogP contribution in [0.25, 0.3) is 11.0 Å². The lowest BCUT2D eigenvalue weighted by Crippen LogP contribution is -2.50. The molecule has 1 N–H and O–H groups in total. The molecule has 0 unspecified atom stereocenters. The summed E-state index contributed by atoms with van der Waals surface area (Å²) in [6.07, 6.45) is 0. The monoisotopic (exact) mass is 423 g/mol. The summed E-state index contributed by atoms with van der Waals surface area (Å²) in [6, 6.07) is 11.2. The molecule has 1 fully saturated rings. The molecule has 2 amide bonds. The van der Waals surface area contributed by atoms with E-state index in [1.54, 1.807) is 4.90 Å². The van der Waals surface area contributed by atoms with Crippen LogP contribution in [0.1, 0.15) is 17.3 Å². The van der Waals surface area contributed by atoms with E-state index >= 15 is 0 Å². The molecule has 8 nitrogen and oxygen atoms in total. The first kappa shape index (κ1) is 20.5. The lowest BCUT2D eigenvalue weighted by Gasteiger charge is -2.36. The van der Waals surface area contributed by atoms with Crippen molar-refractivity contribution in [3.63, 3.8) is 0 Å². The van der Waals surface area contributed by atoms with Crippen molar-refractivity contribution in [2.45, 2.75) is 6.92 Å². The number of nitrogens with one attached hydrogen (secondary N) is 1. The molecule has 1 aliphatic rings. The Bertz CT molecular complexity index is 1130. The zero-order chi connectivity index (χ0) is 22.0. The number of hydrogen-bond acceptors (Lipinski definition) is 6. The van der Waals surface area contributed by atoms with Crippen molar-refractivity contribution >= 4 is 34.4 Å². The number of ketones is 1. The molecular weight excluding hydrogens is 401 g/mol. The minimum atomic E-state index is -0.434. The molecule has 31 heavy (non-hydrogen) atoms. The van der Waals surface area contributed by atoms with Gasteiger partial charge in [0.25, 0.3) is 5.88 Å². The molecule has 1 aromatic heterocycles. The van der Waals surface area contributed by atoms with Gasteiger partial charge in [-0.1, -0.05) is 0 Å². The van der Waals surface area contributed by atoms with Crippen LogP contribution in [0.3, 0.4) is 0 Å². The predicted octanol–water partition coefficient (Wildman–Crippen LogP) is 3.33. The van der Waals surface area contributed by atoms with Gasteiger partial charge in [-0.05, 0) is 43.3 Å². The highest BCUT2D eigenvalue weighted by molar-refractivity contribution is 5.94. The number of anilines is 2. The summed E-state index contributed by atoms with van der Waals surface area (Å²) in [6.45, 7) is 3.87. The van der Waals surface area contributed by atoms with Crippen LogP contribution in [0.4, 0.5) is 20.7 Å². The van der Waals surface area contributed by atoms with Gasteiger partial charge in [-0.15, -0.1) is 0 Å². The second-order valence-electron chi connectivity index (χ2n) is 7.22. The highest BCUT2D eigenvalue weighted by Gasteiger charge is 2.23. The Balaban J connectivity index is 1.42. The van der Waals surface area contributed by atoms with Gasteiger partial charge in [-0.25, -0.2) is 19.2 Å². The average molecular weight is 423 g/mol. The van der Waals surface area contributed by atoms with E-state index in [0.29, 0.717) is 42.8 Å². The van der Waals surface area contributed by atoms with Gasteiger partial charge in [0.05, 0.1) is 18.1 Å². The summed E-state index contributed by atoms with van der Waals surface area (Å²) in [4.78, 5) is 36.6. The number of carbonyl (C=O) groups is 2. The topological polar surface area (TPSA) is 87.7 Å². The summed E-state index contributed by atoms with van der Waals surface area (Å²) in [7, 11) is 1.44. The number of fused-ring (bicyclic) bond motifs is 1. The van der Waals surface area contributed by atoms with Crippen LogP contribution in [0.15, 0.2) is 42.5 Å². The SMILES string of the molecule is COc1nc2ccc(F)cc2nc1NC(=O)N1CCN(c2ccc(C(C)=O)cc2)CC1. The lowest BCUT2D eigenvalue weighted by molar-refractivity contribution is 0.101. The number of ether oxygens (including phenoxy) is 1. The third-order valence-electron chi connectivity index (χ3n) is 5.22. The van der Waals surface area contributed by atoms with E-state index in [1.165, 1.54) is 32.2 Å². The highest BCUT2D eigenvalue weighted by atomic mass is 19.1. The summed E-state index contributed by atoms with van der Waals surface area (Å²) < 4.78 is 18.8. The Kier molecular flexibility index (Phi) is 5.66. The van der Waals surface area contributed by atoms with Gasteiger partial charge in [0.15, 0.2) is 11.6 Å². The van der Waals surface area contributed by atoms with Crippen LogP contribution in [0.2, 0.25) is 0 Å². The Morgan fingerprint density at radius 2 is 1.71 bits per heavy atom. The molecule has 0 atom stereocenters. The molecule has 9 heteroatoms. The van der Waals surface area contributed by atoms with Gasteiger partial charge < -0.3 is 14.5 Å². The first-order valence-electron chi connectivity index (χ1n) is 9.88. The second-order valence-corrected chi connectivity index (χ2v) is 7.22. The molecule has 0 aliphatic carbocycles. The summed E-state index contributed by atoms with van der Waals surface area (Å²) in [5, 5.41) is 2.73. The number of rotatable bonds is 4. The fraction of sp³-hybridized carbons (Fsp3) is 0.273. The molecule has 0 radical (unpaired) electrons. The van der Waals surface area contributed by atoms with Gasteiger partial charge in [-0.3, -0.25) is 10.1 Å². The zero-order valence-corrected chi connectivity index (χ0v) is 17.3. The Morgan fingerprint density at radius 3 is 2.35 bits per heavy atom. The maximum absolute atomic E-state index is 13.5. The largest absolute Gasteiger partial charge is 0.478 e. The second kappa shape index (κ2) is 8.55. The number of carbonyl (C=O) groups excluding carboxylic acids is 2. The maximum atomic E-state index is 13.5. The van der Waals surface area contributed by atoms with E-state index < -0.39 is 5.82 Å². The average Bonchev–Trinajstić information content (AvgIpc) is 2.78. The number of aromatic nitrogens is 2. The number of piperazine rings is 1. The molecule has 2 heterocycles. The summed E-state index contributed by atoms with van der Waals surface area (Å²) in [5.74, 6) is -0.0933. The van der Waals surface area contributed by atoms with Crippen LogP contribution >= 0.6 is 0 Å². The van der Waals surface area contributed by atoms with Crippen LogP contribution < -0.4 is 15.0 Å². The molecule has 2 aromatic carbocycles. The molecule has 1 saturated heterocycles. The Morgan fingerprint density at radius 1 is 1.00 bits per heavy atom. The Hall–Kier alpha value is -3.75. The van der Waals surface area contributed by atoms with E-state index in [0.717, 1.165) is 5.69 Å². The third kappa shape index (κ3) is 4.40. The normalized spacial score (nSPS) is 13.9. The van der Waals surface area contributed by atoms with Crippen molar-refractivity contribution in [3.8, 4) is 5.88 Å². The van der Waals surface area contributed by atoms with E-state index in [2.05, 4.69) is 20.2 Å². The zero-order valence-electron chi connectivity index (χ0n) is 17.3. The van der Waals surface area contributed by atoms with Crippen molar-refractivity contribution in [3.05, 3.63) is 53.8 Å². The fourth-order valence-electron chi connectivity index (χ4n) is 3.49. The van der Waals surface area contributed by atoms with Gasteiger partial charge in [0, 0.05) is 43.5 Å². The number of halogens is 1. The summed E-state index contributed by atoms with van der Waals surface area (Å²) in [5.41, 5.74) is 2.48. The number of Topliss-reactive ketones (excluding diaryl/α,β-unsaturated/α-hetero) is 1. The third-order valence-corrected chi connectivity index (χ3v) is 5.22. The van der Waals surface area contributed by atoms with Crippen LogP contribution in [0, 0.1) is 5.82 Å². The quantitative estimate of drug-likeness (QED) is 0.648. The highest BCUT2D eigenvalue weighted by Crippen LogP contribution is 2.24. The minimum Gasteiger partial charge on any atom is -0.478 e. The smallest absolute Gasteiger partial charge is 0.323 e. The number of hydrogen-bond donors (Lipinski definition) is 1. The number of benzene rings is 2. The van der Waals surface area contributed by atoms with Gasteiger partial charge in [0.1, 0.15) is 5.82 Å². The van der Waals surface area contributed by atoms with Crippen molar-refractivity contribution in [2.24, 2.45) is 0 Å². The minimum absolute atomic E-state index is 0.0306. The van der Waals surface area contributed by atoms with Crippen molar-refractivity contribution in [1.82, 2.24) is 14.9 Å². The van der Waals surface area contributed by atoms with Crippen LogP contribution in [0.5, 0.6) is 5.88 Å². The van der Waals surface area contributed by atoms with Crippen LogP contribution in [-0.2, 0) is 0 Å². The van der Waals surface area contributed by atoms with Crippen molar-refractivity contribution in [1.29, 1.82) is 0 Å². The molecule has 1 aliphatic heterocycles. The van der Waals surface area contributed by atoms with Gasteiger partial charge in [0.2, 0.25) is 0 Å². The molecule has 160 valence electrons. The molecule has 0 spiro atoms. The van der Waals surface area contributed by atoms with E-state index in [-0.39, 0.29) is 23.5 Å². The standard InChI is InChI=1S/C22H22FN5O3/c1-14(29)15-3-6-17(7-4-15)27-9-11-28(12-10-27)22(30)26-20-21(31-2)25-18-8-5-16(23)13-19(18)24-20/h3-8,13H,9-12H2,1-2H3,(H,24,26,30). The number of amides is 2. The lowest BCUT2D eigenvalue weighted by atomic mass is 10.1.